The number of esters is 1. The summed E-state index contributed by atoms with van der Waals surface area (Å²) in [5, 5.41) is 13.7. The molecule has 2 amide bonds. The highest BCUT2D eigenvalue weighted by molar-refractivity contribution is 7.58. The van der Waals surface area contributed by atoms with Gasteiger partial charge in [0.05, 0.1) is 11.3 Å². The third kappa shape index (κ3) is 7.81. The van der Waals surface area contributed by atoms with Gasteiger partial charge in [0.15, 0.2) is 0 Å². The van der Waals surface area contributed by atoms with Crippen molar-refractivity contribution in [1.29, 1.82) is 0 Å². The Morgan fingerprint density at radius 1 is 1.00 bits per heavy atom. The molecule has 11 nitrogen and oxygen atoms in total. The molecule has 178 valence electrons. The van der Waals surface area contributed by atoms with Gasteiger partial charge in [-0.1, -0.05) is 26.7 Å². The maximum Gasteiger partial charge on any atom is 0.410 e. The molecule has 0 saturated heterocycles. The fourth-order valence-electron chi connectivity index (χ4n) is 3.27. The second-order valence-corrected chi connectivity index (χ2v) is 10.9. The van der Waals surface area contributed by atoms with Crippen LogP contribution in [0.1, 0.15) is 60.3 Å². The zero-order valence-corrected chi connectivity index (χ0v) is 19.4. The Hall–Kier alpha value is -2.13. The first kappa shape index (κ1) is 26.9. The number of ether oxygens (including phenoxy) is 2. The molecule has 0 heterocycles. The number of hydrogen-bond donors (Lipinski definition) is 4. The van der Waals surface area contributed by atoms with Gasteiger partial charge < -0.3 is 30.1 Å². The molecule has 4 unspecified atom stereocenters. The van der Waals surface area contributed by atoms with Crippen LogP contribution in [0.4, 0.5) is 4.79 Å². The summed E-state index contributed by atoms with van der Waals surface area (Å²) in [6.07, 6.45) is -0.628. The van der Waals surface area contributed by atoms with Gasteiger partial charge in [-0.05, 0) is 26.7 Å². The van der Waals surface area contributed by atoms with Crippen molar-refractivity contribution in [2.75, 3.05) is 6.16 Å². The van der Waals surface area contributed by atoms with Crippen LogP contribution in [0.3, 0.4) is 0 Å². The SMILES string of the molecule is CC(OC(=O)NC(C)P(=O)(O)CC1(C(=O)NC(C)C(=O)O)CCCC1)OC(=O)C(C)C. The van der Waals surface area contributed by atoms with Crippen molar-refractivity contribution in [2.24, 2.45) is 11.3 Å². The normalized spacial score (nSPS) is 20.1. The van der Waals surface area contributed by atoms with Crippen LogP contribution >= 0.6 is 7.37 Å². The van der Waals surface area contributed by atoms with Crippen molar-refractivity contribution in [1.82, 2.24) is 10.6 Å². The number of alkyl carbamates (subject to hydrolysis) is 1. The van der Waals surface area contributed by atoms with Crippen molar-refractivity contribution in [3.05, 3.63) is 0 Å². The number of carbonyl (C=O) groups excluding carboxylic acids is 3. The van der Waals surface area contributed by atoms with E-state index in [0.29, 0.717) is 25.7 Å². The second-order valence-electron chi connectivity index (χ2n) is 8.32. The molecule has 0 aliphatic heterocycles. The van der Waals surface area contributed by atoms with E-state index in [1.54, 1.807) is 13.8 Å². The summed E-state index contributed by atoms with van der Waals surface area (Å²) in [4.78, 5) is 58.0. The molecule has 0 bridgehead atoms. The van der Waals surface area contributed by atoms with E-state index in [-0.39, 0.29) is 0 Å². The lowest BCUT2D eigenvalue weighted by molar-refractivity contribution is -0.168. The molecule has 1 aliphatic carbocycles. The lowest BCUT2D eigenvalue weighted by Gasteiger charge is -2.32. The zero-order chi connectivity index (χ0) is 24.0. The van der Waals surface area contributed by atoms with Gasteiger partial charge in [-0.3, -0.25) is 18.9 Å². The molecule has 12 heteroatoms. The van der Waals surface area contributed by atoms with Gasteiger partial charge in [-0.2, -0.15) is 0 Å². The molecule has 0 spiro atoms. The van der Waals surface area contributed by atoms with E-state index in [9.17, 15) is 28.6 Å². The molecule has 0 aromatic heterocycles. The van der Waals surface area contributed by atoms with Gasteiger partial charge in [-0.25, -0.2) is 4.79 Å². The molecule has 1 rings (SSSR count). The van der Waals surface area contributed by atoms with E-state index < -0.39 is 66.9 Å². The Labute approximate surface area is 181 Å². The van der Waals surface area contributed by atoms with Crippen molar-refractivity contribution in [3.8, 4) is 0 Å². The lowest BCUT2D eigenvalue weighted by atomic mass is 9.87. The number of carboxylic acid groups (broad SMARTS) is 1. The van der Waals surface area contributed by atoms with Crippen LogP contribution in [0.5, 0.6) is 0 Å². The van der Waals surface area contributed by atoms with Crippen LogP contribution in [0.15, 0.2) is 0 Å². The van der Waals surface area contributed by atoms with Crippen LogP contribution in [0.25, 0.3) is 0 Å². The van der Waals surface area contributed by atoms with Crippen molar-refractivity contribution in [3.63, 3.8) is 0 Å². The molecular weight excluding hydrogens is 431 g/mol. The Kier molecular flexibility index (Phi) is 9.50. The summed E-state index contributed by atoms with van der Waals surface area (Å²) < 4.78 is 22.8. The molecule has 4 atom stereocenters. The molecule has 1 fully saturated rings. The van der Waals surface area contributed by atoms with Crippen molar-refractivity contribution in [2.45, 2.75) is 78.4 Å². The molecule has 1 saturated carbocycles. The lowest BCUT2D eigenvalue weighted by Crippen LogP contribution is -2.48. The first-order valence-electron chi connectivity index (χ1n) is 10.2. The Balaban J connectivity index is 2.78. The van der Waals surface area contributed by atoms with Gasteiger partial charge in [0.2, 0.25) is 19.6 Å². The maximum absolute atomic E-state index is 13.0. The van der Waals surface area contributed by atoms with Crippen LogP contribution < -0.4 is 10.6 Å². The zero-order valence-electron chi connectivity index (χ0n) is 18.5. The third-order valence-electron chi connectivity index (χ3n) is 5.25. The maximum atomic E-state index is 13.0. The molecule has 0 aromatic rings. The molecule has 31 heavy (non-hydrogen) atoms. The summed E-state index contributed by atoms with van der Waals surface area (Å²) in [5.74, 6) is -4.01. The molecule has 0 radical (unpaired) electrons. The summed E-state index contributed by atoms with van der Waals surface area (Å²) >= 11 is 0. The van der Waals surface area contributed by atoms with E-state index in [1.807, 2.05) is 0 Å². The second kappa shape index (κ2) is 10.9. The minimum Gasteiger partial charge on any atom is -0.480 e. The topological polar surface area (TPSA) is 168 Å². The highest BCUT2D eigenvalue weighted by atomic mass is 31.2. The number of carboxylic acids is 1. The minimum absolute atomic E-state index is 0.342. The number of aliphatic carboxylic acids is 1. The Morgan fingerprint density at radius 3 is 2.03 bits per heavy atom. The average molecular weight is 464 g/mol. The van der Waals surface area contributed by atoms with Gasteiger partial charge in [-0.15, -0.1) is 0 Å². The van der Waals surface area contributed by atoms with Crippen LogP contribution in [0.2, 0.25) is 0 Å². The predicted octanol–water partition coefficient (Wildman–Crippen LogP) is 2.02. The quantitative estimate of drug-likeness (QED) is 0.215. The summed E-state index contributed by atoms with van der Waals surface area (Å²) in [6.45, 7) is 7.20. The number of hydrogen-bond acceptors (Lipinski definition) is 7. The van der Waals surface area contributed by atoms with E-state index >= 15 is 0 Å². The molecular formula is C19H33N2O9P. The Bertz CT molecular complexity index is 734. The highest BCUT2D eigenvalue weighted by Gasteiger charge is 2.48. The van der Waals surface area contributed by atoms with Crippen molar-refractivity contribution < 1.29 is 43.2 Å². The minimum atomic E-state index is -4.09. The van der Waals surface area contributed by atoms with Gasteiger partial charge in [0, 0.05) is 13.1 Å². The van der Waals surface area contributed by atoms with E-state index in [4.69, 9.17) is 14.6 Å². The van der Waals surface area contributed by atoms with Gasteiger partial charge in [0.25, 0.3) is 0 Å². The summed E-state index contributed by atoms with van der Waals surface area (Å²) in [7, 11) is -4.09. The monoisotopic (exact) mass is 464 g/mol. The van der Waals surface area contributed by atoms with Gasteiger partial charge >= 0.3 is 18.0 Å². The fraction of sp³-hybridized carbons (Fsp3) is 0.789. The molecule has 1 aliphatic rings. The number of amides is 2. The highest BCUT2D eigenvalue weighted by Crippen LogP contribution is 2.54. The fourth-order valence-corrected chi connectivity index (χ4v) is 5.18. The number of nitrogens with one attached hydrogen (secondary N) is 2. The third-order valence-corrected chi connectivity index (χ3v) is 7.65. The number of rotatable bonds is 10. The Morgan fingerprint density at radius 2 is 1.55 bits per heavy atom. The smallest absolute Gasteiger partial charge is 0.410 e. The van der Waals surface area contributed by atoms with Crippen LogP contribution in [-0.2, 0) is 28.4 Å². The van der Waals surface area contributed by atoms with Crippen LogP contribution in [0, 0.1) is 11.3 Å². The molecule has 4 N–H and O–H groups in total. The van der Waals surface area contributed by atoms with Gasteiger partial charge in [0.1, 0.15) is 11.8 Å². The number of carbonyl (C=O) groups is 4. The van der Waals surface area contributed by atoms with E-state index in [2.05, 4.69) is 10.6 Å². The largest absolute Gasteiger partial charge is 0.480 e. The van der Waals surface area contributed by atoms with Crippen LogP contribution in [-0.4, -0.2) is 58.2 Å². The first-order valence-corrected chi connectivity index (χ1v) is 12.1. The first-order chi connectivity index (χ1) is 14.2. The summed E-state index contributed by atoms with van der Waals surface area (Å²) in [5.41, 5.74) is -1.19. The predicted molar refractivity (Wildman–Crippen MR) is 110 cm³/mol. The van der Waals surface area contributed by atoms with E-state index in [1.165, 1.54) is 20.8 Å². The van der Waals surface area contributed by atoms with E-state index in [0.717, 1.165) is 0 Å². The standard InChI is InChI=1S/C19H33N2O9P/c1-11(2)16(24)29-14(5)30-18(26)21-13(4)31(27,28)10-19(8-6-7-9-19)17(25)20-12(3)15(22)23/h11-14H,6-10H2,1-5H3,(H,20,25)(H,21,26)(H,22,23)(H,27,28). The molecule has 0 aromatic carbocycles. The average Bonchev–Trinajstić information content (AvgIpc) is 3.09. The van der Waals surface area contributed by atoms with Crippen molar-refractivity contribution >= 4 is 31.3 Å². The summed E-state index contributed by atoms with van der Waals surface area (Å²) in [6, 6.07) is -1.14.